The number of rotatable bonds is 1. The van der Waals surface area contributed by atoms with E-state index in [0.29, 0.717) is 5.25 Å². The van der Waals surface area contributed by atoms with Gasteiger partial charge in [0.1, 0.15) is 4.32 Å². The Morgan fingerprint density at radius 1 is 1.13 bits per heavy atom. The number of likely N-dealkylation sites (tertiary alicyclic amines) is 1. The van der Waals surface area contributed by atoms with Crippen LogP contribution in [0.15, 0.2) is 0 Å². The van der Waals surface area contributed by atoms with Crippen LogP contribution in [0.25, 0.3) is 0 Å². The Hall–Kier alpha value is 0.200. The summed E-state index contributed by atoms with van der Waals surface area (Å²) in [5.41, 5.74) is 0. The molecule has 2 atom stereocenters. The largest absolute Gasteiger partial charge is 0.392 e. The molecule has 1 N–H and O–H groups in total. The summed E-state index contributed by atoms with van der Waals surface area (Å²) in [6, 6.07) is 0. The highest BCUT2D eigenvalue weighted by molar-refractivity contribution is 8.23. The number of aliphatic hydroxyl groups is 1. The summed E-state index contributed by atoms with van der Waals surface area (Å²) in [5, 5.41) is 10.2. The van der Waals surface area contributed by atoms with E-state index < -0.39 is 0 Å². The van der Waals surface area contributed by atoms with E-state index in [0.717, 1.165) is 30.3 Å². The van der Waals surface area contributed by atoms with Crippen LogP contribution in [0.4, 0.5) is 0 Å². The van der Waals surface area contributed by atoms with Gasteiger partial charge in [0, 0.05) is 18.3 Å². The molecule has 0 aromatic heterocycles. The minimum Gasteiger partial charge on any atom is -0.392 e. The van der Waals surface area contributed by atoms with Crippen molar-refractivity contribution in [3.8, 4) is 0 Å². The first kappa shape index (κ1) is 11.7. The number of hydrogen-bond acceptors (Lipinski definition) is 3. The van der Waals surface area contributed by atoms with E-state index in [1.165, 1.54) is 25.7 Å². The molecule has 0 unspecified atom stereocenters. The Morgan fingerprint density at radius 2 is 1.80 bits per heavy atom. The molecule has 1 saturated heterocycles. The van der Waals surface area contributed by atoms with Crippen LogP contribution >= 0.6 is 24.0 Å². The van der Waals surface area contributed by atoms with E-state index in [1.54, 1.807) is 11.8 Å². The second-order valence-corrected chi connectivity index (χ2v) is 6.34. The summed E-state index contributed by atoms with van der Waals surface area (Å²) in [7, 11) is 0. The van der Waals surface area contributed by atoms with Gasteiger partial charge in [-0.15, -0.1) is 0 Å². The highest BCUT2D eigenvalue weighted by Gasteiger charge is 2.26. The molecule has 0 amide bonds. The van der Waals surface area contributed by atoms with E-state index in [4.69, 9.17) is 12.2 Å². The first-order valence-corrected chi connectivity index (χ1v) is 7.20. The van der Waals surface area contributed by atoms with Crippen LogP contribution in [0, 0.1) is 0 Å². The minimum absolute atomic E-state index is 0.135. The summed E-state index contributed by atoms with van der Waals surface area (Å²) < 4.78 is 1.01. The highest BCUT2D eigenvalue weighted by Crippen LogP contribution is 2.31. The zero-order valence-corrected chi connectivity index (χ0v) is 10.7. The van der Waals surface area contributed by atoms with Gasteiger partial charge in [0.25, 0.3) is 0 Å². The Labute approximate surface area is 101 Å². The molecule has 2 fully saturated rings. The second kappa shape index (κ2) is 5.51. The molecule has 0 spiro atoms. The van der Waals surface area contributed by atoms with Gasteiger partial charge in [-0.3, -0.25) is 0 Å². The van der Waals surface area contributed by atoms with Gasteiger partial charge in [-0.25, -0.2) is 0 Å². The van der Waals surface area contributed by atoms with Crippen molar-refractivity contribution in [1.82, 2.24) is 4.90 Å². The van der Waals surface area contributed by atoms with Crippen LogP contribution in [-0.4, -0.2) is 38.8 Å². The van der Waals surface area contributed by atoms with Crippen LogP contribution in [-0.2, 0) is 0 Å². The third kappa shape index (κ3) is 3.08. The van der Waals surface area contributed by atoms with E-state index in [1.807, 2.05) is 0 Å². The maximum Gasteiger partial charge on any atom is 0.136 e. The summed E-state index contributed by atoms with van der Waals surface area (Å²) in [6.45, 7) is 2.24. The van der Waals surface area contributed by atoms with Gasteiger partial charge < -0.3 is 10.0 Å². The lowest BCUT2D eigenvalue weighted by Crippen LogP contribution is -2.32. The number of hydrogen-bond donors (Lipinski definition) is 1. The summed E-state index contributed by atoms with van der Waals surface area (Å²) in [6.07, 6.45) is 6.91. The maximum atomic E-state index is 9.86. The second-order valence-electron chi connectivity index (χ2n) is 4.47. The van der Waals surface area contributed by atoms with Gasteiger partial charge in [0.2, 0.25) is 0 Å². The summed E-state index contributed by atoms with van der Waals surface area (Å²) >= 11 is 7.16. The van der Waals surface area contributed by atoms with Gasteiger partial charge in [0.05, 0.1) is 6.10 Å². The maximum absolute atomic E-state index is 9.86. The molecule has 4 heteroatoms. The quantitative estimate of drug-likeness (QED) is 0.717. The van der Waals surface area contributed by atoms with Crippen molar-refractivity contribution in [2.24, 2.45) is 0 Å². The molecule has 1 aliphatic carbocycles. The van der Waals surface area contributed by atoms with Crippen molar-refractivity contribution in [3.63, 3.8) is 0 Å². The zero-order valence-electron chi connectivity index (χ0n) is 9.02. The fourth-order valence-corrected chi connectivity index (χ4v) is 4.04. The number of nitrogens with zero attached hydrogens (tertiary/aromatic N) is 1. The lowest BCUT2D eigenvalue weighted by Gasteiger charge is -2.29. The van der Waals surface area contributed by atoms with Crippen molar-refractivity contribution in [3.05, 3.63) is 0 Å². The molecule has 0 radical (unpaired) electrons. The first-order valence-electron chi connectivity index (χ1n) is 5.91. The third-order valence-electron chi connectivity index (χ3n) is 3.28. The topological polar surface area (TPSA) is 23.5 Å². The SMILES string of the molecule is O[C@@H]1CCCC[C@H]1SC(=S)N1CCCC1. The van der Waals surface area contributed by atoms with Crippen molar-refractivity contribution < 1.29 is 5.11 Å². The Balaban J connectivity index is 1.81. The van der Waals surface area contributed by atoms with Crippen molar-refractivity contribution in [2.45, 2.75) is 49.9 Å². The molecule has 0 bridgehead atoms. The smallest absolute Gasteiger partial charge is 0.136 e. The molecule has 1 saturated carbocycles. The van der Waals surface area contributed by atoms with Gasteiger partial charge >= 0.3 is 0 Å². The Bertz CT molecular complexity index is 229. The summed E-state index contributed by atoms with van der Waals surface area (Å²) in [4.78, 5) is 2.29. The Morgan fingerprint density at radius 3 is 2.47 bits per heavy atom. The van der Waals surface area contributed by atoms with E-state index in [2.05, 4.69) is 4.90 Å². The van der Waals surface area contributed by atoms with Gasteiger partial charge in [-0.05, 0) is 25.7 Å². The van der Waals surface area contributed by atoms with Gasteiger partial charge in [-0.2, -0.15) is 0 Å². The average molecular weight is 245 g/mol. The molecule has 1 heterocycles. The number of thioether (sulfide) groups is 1. The standard InChI is InChI=1S/C11H19NOS2/c13-9-5-1-2-6-10(9)15-11(14)12-7-3-4-8-12/h9-10,13H,1-8H2/t9-,10-/m1/s1. The first-order chi connectivity index (χ1) is 7.27. The van der Waals surface area contributed by atoms with Crippen LogP contribution in [0.2, 0.25) is 0 Å². The lowest BCUT2D eigenvalue weighted by molar-refractivity contribution is 0.137. The molecule has 1 aliphatic heterocycles. The monoisotopic (exact) mass is 245 g/mol. The molecular formula is C11H19NOS2. The lowest BCUT2D eigenvalue weighted by atomic mass is 9.97. The molecule has 0 aromatic rings. The van der Waals surface area contributed by atoms with Crippen molar-refractivity contribution in [2.75, 3.05) is 13.1 Å². The third-order valence-corrected chi connectivity index (χ3v) is 5.14. The molecule has 2 aliphatic rings. The molecular weight excluding hydrogens is 226 g/mol. The molecule has 0 aromatic carbocycles. The predicted molar refractivity (Wildman–Crippen MR) is 69.3 cm³/mol. The van der Waals surface area contributed by atoms with Crippen LogP contribution < -0.4 is 0 Å². The zero-order chi connectivity index (χ0) is 10.7. The average Bonchev–Trinajstić information content (AvgIpc) is 2.74. The molecule has 15 heavy (non-hydrogen) atoms. The predicted octanol–water partition coefficient (Wildman–Crippen LogP) is 2.40. The fourth-order valence-electron chi connectivity index (χ4n) is 2.32. The van der Waals surface area contributed by atoms with Crippen LogP contribution in [0.5, 0.6) is 0 Å². The minimum atomic E-state index is -0.135. The fraction of sp³-hybridized carbons (Fsp3) is 0.909. The summed E-state index contributed by atoms with van der Waals surface area (Å²) in [5.74, 6) is 0. The van der Waals surface area contributed by atoms with Crippen LogP contribution in [0.1, 0.15) is 38.5 Å². The van der Waals surface area contributed by atoms with E-state index >= 15 is 0 Å². The number of aliphatic hydroxyl groups excluding tert-OH is 1. The molecule has 86 valence electrons. The van der Waals surface area contributed by atoms with Crippen molar-refractivity contribution in [1.29, 1.82) is 0 Å². The highest BCUT2D eigenvalue weighted by atomic mass is 32.2. The molecule has 2 rings (SSSR count). The van der Waals surface area contributed by atoms with E-state index in [9.17, 15) is 5.11 Å². The van der Waals surface area contributed by atoms with E-state index in [-0.39, 0.29) is 6.10 Å². The molecule has 2 nitrogen and oxygen atoms in total. The van der Waals surface area contributed by atoms with Gasteiger partial charge in [-0.1, -0.05) is 36.8 Å². The Kier molecular flexibility index (Phi) is 4.29. The number of thiocarbonyl (C=S) groups is 1. The van der Waals surface area contributed by atoms with Gasteiger partial charge in [0.15, 0.2) is 0 Å². The van der Waals surface area contributed by atoms with Crippen LogP contribution in [0.3, 0.4) is 0 Å². The van der Waals surface area contributed by atoms with Crippen molar-refractivity contribution >= 4 is 28.3 Å². The normalized spacial score (nSPS) is 31.9.